The van der Waals surface area contributed by atoms with Gasteiger partial charge in [0.25, 0.3) is 0 Å². The molecule has 2 heterocycles. The van der Waals surface area contributed by atoms with Crippen molar-refractivity contribution in [3.63, 3.8) is 0 Å². The molecule has 5 nitrogen and oxygen atoms in total. The van der Waals surface area contributed by atoms with Gasteiger partial charge >= 0.3 is 5.69 Å². The Balaban J connectivity index is 1.76. The molecule has 0 aromatic heterocycles. The van der Waals surface area contributed by atoms with Crippen molar-refractivity contribution in [3.8, 4) is 0 Å². The quantitative estimate of drug-likeness (QED) is 0.621. The number of nitro groups is 1. The van der Waals surface area contributed by atoms with Gasteiger partial charge in [-0.2, -0.15) is 4.39 Å². The molecule has 102 valence electrons. The number of ether oxygens (including phenoxy) is 1. The molecule has 2 aliphatic rings. The molecule has 0 N–H and O–H groups in total. The van der Waals surface area contributed by atoms with Gasteiger partial charge in [-0.1, -0.05) is 12.1 Å². The molecule has 2 bridgehead atoms. The Bertz CT molecular complexity index is 497. The number of nitro benzene ring substituents is 1. The second-order valence-corrected chi connectivity index (χ2v) is 5.16. The van der Waals surface area contributed by atoms with Crippen molar-refractivity contribution >= 4 is 5.69 Å². The zero-order valence-corrected chi connectivity index (χ0v) is 10.4. The molecule has 1 aromatic rings. The van der Waals surface area contributed by atoms with Crippen LogP contribution in [0.5, 0.6) is 0 Å². The van der Waals surface area contributed by atoms with Gasteiger partial charge in [0.2, 0.25) is 5.82 Å². The van der Waals surface area contributed by atoms with Gasteiger partial charge in [0.05, 0.1) is 17.1 Å². The molecular weight excluding hydrogens is 251 g/mol. The summed E-state index contributed by atoms with van der Waals surface area (Å²) in [4.78, 5) is 12.2. The van der Waals surface area contributed by atoms with Gasteiger partial charge < -0.3 is 4.74 Å². The summed E-state index contributed by atoms with van der Waals surface area (Å²) in [5, 5.41) is 10.7. The normalized spacial score (nSPS) is 26.6. The minimum Gasteiger partial charge on any atom is -0.372 e. The van der Waals surface area contributed by atoms with Gasteiger partial charge in [-0.3, -0.25) is 15.0 Å². The van der Waals surface area contributed by atoms with E-state index in [1.165, 1.54) is 12.1 Å². The van der Waals surface area contributed by atoms with E-state index in [9.17, 15) is 14.5 Å². The largest absolute Gasteiger partial charge is 0.372 e. The fourth-order valence-corrected chi connectivity index (χ4v) is 2.90. The van der Waals surface area contributed by atoms with Gasteiger partial charge in [0, 0.05) is 31.3 Å². The Morgan fingerprint density at radius 1 is 1.37 bits per heavy atom. The highest BCUT2D eigenvalue weighted by molar-refractivity contribution is 5.36. The van der Waals surface area contributed by atoms with Crippen LogP contribution in [0.4, 0.5) is 10.1 Å². The van der Waals surface area contributed by atoms with Crippen molar-refractivity contribution in [1.29, 1.82) is 0 Å². The number of rotatable bonds is 3. The zero-order chi connectivity index (χ0) is 13.4. The van der Waals surface area contributed by atoms with E-state index >= 15 is 0 Å². The van der Waals surface area contributed by atoms with Gasteiger partial charge in [0.1, 0.15) is 0 Å². The lowest BCUT2D eigenvalue weighted by Crippen LogP contribution is -2.42. The predicted octanol–water partition coefficient (Wildman–Crippen LogP) is 2.10. The third-order valence-corrected chi connectivity index (χ3v) is 3.77. The number of nitrogens with zero attached hydrogens (tertiary/aromatic N) is 2. The number of hydrogen-bond acceptors (Lipinski definition) is 4. The fraction of sp³-hybridized carbons (Fsp3) is 0.538. The van der Waals surface area contributed by atoms with Crippen LogP contribution in [-0.2, 0) is 11.3 Å². The summed E-state index contributed by atoms with van der Waals surface area (Å²) >= 11 is 0. The average molecular weight is 266 g/mol. The van der Waals surface area contributed by atoms with Crippen LogP contribution in [0.25, 0.3) is 0 Å². The summed E-state index contributed by atoms with van der Waals surface area (Å²) in [7, 11) is 0. The first kappa shape index (κ1) is 12.5. The Morgan fingerprint density at radius 3 is 2.68 bits per heavy atom. The van der Waals surface area contributed by atoms with Crippen LogP contribution in [0.15, 0.2) is 18.2 Å². The van der Waals surface area contributed by atoms with Crippen molar-refractivity contribution < 1.29 is 14.1 Å². The molecule has 2 saturated heterocycles. The van der Waals surface area contributed by atoms with Crippen molar-refractivity contribution in [3.05, 3.63) is 39.7 Å². The van der Waals surface area contributed by atoms with E-state index in [4.69, 9.17) is 4.74 Å². The average Bonchev–Trinajstić information content (AvgIpc) is 2.71. The molecule has 0 aliphatic carbocycles. The Hall–Kier alpha value is -1.53. The number of morpholine rings is 1. The highest BCUT2D eigenvalue weighted by Crippen LogP contribution is 2.28. The standard InChI is InChI=1S/C13H15FN2O3/c14-13-9(2-1-3-12(13)16(17)18)6-15-7-10-4-5-11(8-15)19-10/h1-3,10-11H,4-8H2. The van der Waals surface area contributed by atoms with Crippen LogP contribution in [-0.4, -0.2) is 35.1 Å². The Labute approximate surface area is 110 Å². The molecule has 0 amide bonds. The highest BCUT2D eigenvalue weighted by Gasteiger charge is 2.34. The molecule has 2 unspecified atom stereocenters. The molecule has 6 heteroatoms. The molecule has 2 fully saturated rings. The van der Waals surface area contributed by atoms with E-state index in [-0.39, 0.29) is 12.2 Å². The monoisotopic (exact) mass is 266 g/mol. The molecular formula is C13H15FN2O3. The van der Waals surface area contributed by atoms with Gasteiger partial charge in [-0.25, -0.2) is 0 Å². The third-order valence-electron chi connectivity index (χ3n) is 3.77. The van der Waals surface area contributed by atoms with Crippen molar-refractivity contribution in [1.82, 2.24) is 4.90 Å². The summed E-state index contributed by atoms with van der Waals surface area (Å²) in [6.45, 7) is 1.96. The maximum atomic E-state index is 14.0. The van der Waals surface area contributed by atoms with E-state index in [1.54, 1.807) is 6.07 Å². The first-order valence-corrected chi connectivity index (χ1v) is 6.43. The third kappa shape index (κ3) is 2.46. The highest BCUT2D eigenvalue weighted by atomic mass is 19.1. The maximum Gasteiger partial charge on any atom is 0.305 e. The van der Waals surface area contributed by atoms with E-state index < -0.39 is 16.4 Å². The van der Waals surface area contributed by atoms with Crippen LogP contribution < -0.4 is 0 Å². The molecule has 0 saturated carbocycles. The second kappa shape index (κ2) is 4.86. The van der Waals surface area contributed by atoms with Crippen LogP contribution >= 0.6 is 0 Å². The van der Waals surface area contributed by atoms with Crippen LogP contribution in [0.2, 0.25) is 0 Å². The number of fused-ring (bicyclic) bond motifs is 2. The van der Waals surface area contributed by atoms with Crippen molar-refractivity contribution in [2.45, 2.75) is 31.6 Å². The van der Waals surface area contributed by atoms with Gasteiger partial charge in [-0.15, -0.1) is 0 Å². The lowest BCUT2D eigenvalue weighted by molar-refractivity contribution is -0.387. The summed E-state index contributed by atoms with van der Waals surface area (Å²) in [6, 6.07) is 4.34. The summed E-state index contributed by atoms with van der Waals surface area (Å²) in [5.41, 5.74) is -0.0655. The minimum atomic E-state index is -0.716. The first-order chi connectivity index (χ1) is 9.13. The zero-order valence-electron chi connectivity index (χ0n) is 10.4. The molecule has 0 spiro atoms. The Morgan fingerprint density at radius 2 is 2.05 bits per heavy atom. The van der Waals surface area contributed by atoms with Crippen molar-refractivity contribution in [2.75, 3.05) is 13.1 Å². The fourth-order valence-electron chi connectivity index (χ4n) is 2.90. The number of benzene rings is 1. The van der Waals surface area contributed by atoms with Crippen LogP contribution in [0.1, 0.15) is 18.4 Å². The molecule has 2 atom stereocenters. The van der Waals surface area contributed by atoms with E-state index in [0.717, 1.165) is 25.9 Å². The van der Waals surface area contributed by atoms with Gasteiger partial charge in [0.15, 0.2) is 0 Å². The van der Waals surface area contributed by atoms with E-state index in [2.05, 4.69) is 4.90 Å². The molecule has 1 aromatic carbocycles. The summed E-state index contributed by atoms with van der Waals surface area (Å²) < 4.78 is 19.7. The summed E-state index contributed by atoms with van der Waals surface area (Å²) in [6.07, 6.45) is 2.58. The van der Waals surface area contributed by atoms with Gasteiger partial charge in [-0.05, 0) is 12.8 Å². The SMILES string of the molecule is O=[N+]([O-])c1cccc(CN2CC3CCC(C2)O3)c1F. The second-order valence-electron chi connectivity index (χ2n) is 5.16. The van der Waals surface area contributed by atoms with E-state index in [1.807, 2.05) is 0 Å². The molecule has 2 aliphatic heterocycles. The molecule has 19 heavy (non-hydrogen) atoms. The number of likely N-dealkylation sites (tertiary alicyclic amines) is 1. The smallest absolute Gasteiger partial charge is 0.305 e. The number of hydrogen-bond donors (Lipinski definition) is 0. The lowest BCUT2D eigenvalue weighted by Gasteiger charge is -2.32. The Kier molecular flexibility index (Phi) is 3.20. The first-order valence-electron chi connectivity index (χ1n) is 6.43. The lowest BCUT2D eigenvalue weighted by atomic mass is 10.1. The van der Waals surface area contributed by atoms with Crippen LogP contribution in [0.3, 0.4) is 0 Å². The minimum absolute atomic E-state index is 0.237. The predicted molar refractivity (Wildman–Crippen MR) is 66.2 cm³/mol. The maximum absolute atomic E-state index is 14.0. The topological polar surface area (TPSA) is 55.6 Å². The summed E-state index contributed by atoms with van der Waals surface area (Å²) in [5.74, 6) is -0.716. The molecule has 3 rings (SSSR count). The van der Waals surface area contributed by atoms with E-state index in [0.29, 0.717) is 12.1 Å². The van der Waals surface area contributed by atoms with Crippen molar-refractivity contribution in [2.24, 2.45) is 0 Å². The van der Waals surface area contributed by atoms with Crippen LogP contribution in [0, 0.1) is 15.9 Å². The molecule has 0 radical (unpaired) electrons. The number of halogens is 1.